The average molecular weight is 236 g/mol. The summed E-state index contributed by atoms with van der Waals surface area (Å²) in [6, 6.07) is 7.49. The van der Waals surface area contributed by atoms with Crippen LogP contribution in [0.15, 0.2) is 24.3 Å². The van der Waals surface area contributed by atoms with Gasteiger partial charge in [-0.15, -0.1) is 0 Å². The van der Waals surface area contributed by atoms with Gasteiger partial charge in [-0.1, -0.05) is 12.1 Å². The first-order valence-corrected chi connectivity index (χ1v) is 5.70. The van der Waals surface area contributed by atoms with Crippen LogP contribution in [0, 0.1) is 0 Å². The molecule has 0 saturated heterocycles. The molecular formula is C13H20N2O2. The third-order valence-electron chi connectivity index (χ3n) is 2.80. The van der Waals surface area contributed by atoms with E-state index in [0.717, 1.165) is 11.3 Å². The zero-order valence-electron chi connectivity index (χ0n) is 10.8. The number of carbonyl (C=O) groups excluding carboxylic acids is 1. The van der Waals surface area contributed by atoms with Crippen molar-refractivity contribution in [3.05, 3.63) is 29.8 Å². The Labute approximate surface area is 102 Å². The van der Waals surface area contributed by atoms with E-state index in [4.69, 9.17) is 4.74 Å². The van der Waals surface area contributed by atoms with Crippen molar-refractivity contribution in [2.24, 2.45) is 0 Å². The highest BCUT2D eigenvalue weighted by molar-refractivity contribution is 5.81. The molecule has 1 amide bonds. The highest BCUT2D eigenvalue weighted by Gasteiger charge is 2.14. The monoisotopic (exact) mass is 236 g/mol. The average Bonchev–Trinajstić information content (AvgIpc) is 2.37. The van der Waals surface area contributed by atoms with Crippen molar-refractivity contribution in [3.63, 3.8) is 0 Å². The molecule has 1 rings (SSSR count). The molecule has 2 N–H and O–H groups in total. The van der Waals surface area contributed by atoms with E-state index < -0.39 is 0 Å². The van der Waals surface area contributed by atoms with Crippen LogP contribution in [0.5, 0.6) is 5.75 Å². The van der Waals surface area contributed by atoms with Crippen LogP contribution in [-0.4, -0.2) is 26.1 Å². The second kappa shape index (κ2) is 6.25. The van der Waals surface area contributed by atoms with Crippen LogP contribution in [0.4, 0.5) is 0 Å². The third kappa shape index (κ3) is 3.75. The summed E-state index contributed by atoms with van der Waals surface area (Å²) in [5, 5.41) is 5.85. The van der Waals surface area contributed by atoms with Crippen molar-refractivity contribution in [1.29, 1.82) is 0 Å². The predicted molar refractivity (Wildman–Crippen MR) is 68.1 cm³/mol. The van der Waals surface area contributed by atoms with E-state index in [9.17, 15) is 4.79 Å². The quantitative estimate of drug-likeness (QED) is 0.814. The van der Waals surface area contributed by atoms with E-state index in [2.05, 4.69) is 10.6 Å². The molecule has 4 nitrogen and oxygen atoms in total. The number of amides is 1. The Balaban J connectivity index is 2.63. The van der Waals surface area contributed by atoms with Crippen LogP contribution in [0.3, 0.4) is 0 Å². The van der Waals surface area contributed by atoms with Crippen molar-refractivity contribution in [1.82, 2.24) is 10.6 Å². The number of hydrogen-bond acceptors (Lipinski definition) is 3. The Morgan fingerprint density at radius 1 is 1.24 bits per heavy atom. The molecule has 4 heteroatoms. The van der Waals surface area contributed by atoms with Gasteiger partial charge >= 0.3 is 0 Å². The molecule has 1 unspecified atom stereocenters. The minimum absolute atomic E-state index is 0.00387. The lowest BCUT2D eigenvalue weighted by Crippen LogP contribution is -2.41. The maximum Gasteiger partial charge on any atom is 0.237 e. The first kappa shape index (κ1) is 13.5. The van der Waals surface area contributed by atoms with Crippen LogP contribution in [-0.2, 0) is 4.79 Å². The van der Waals surface area contributed by atoms with Crippen molar-refractivity contribution in [2.45, 2.75) is 25.9 Å². The standard InChI is InChI=1S/C13H20N2O2/c1-9(15-13(16)10(2)14-3)11-5-7-12(17-4)8-6-11/h5-10,14H,1-4H3,(H,15,16)/t9?,10-/m0/s1. The molecule has 0 bridgehead atoms. The molecule has 0 fully saturated rings. The highest BCUT2D eigenvalue weighted by atomic mass is 16.5. The maximum atomic E-state index is 11.7. The lowest BCUT2D eigenvalue weighted by Gasteiger charge is -2.17. The summed E-state index contributed by atoms with van der Waals surface area (Å²) in [6.45, 7) is 3.79. The van der Waals surface area contributed by atoms with Gasteiger partial charge in [0.1, 0.15) is 5.75 Å². The van der Waals surface area contributed by atoms with Crippen molar-refractivity contribution < 1.29 is 9.53 Å². The van der Waals surface area contributed by atoms with Crippen molar-refractivity contribution in [2.75, 3.05) is 14.2 Å². The first-order valence-electron chi connectivity index (χ1n) is 5.70. The van der Waals surface area contributed by atoms with Gasteiger partial charge in [-0.3, -0.25) is 4.79 Å². The molecule has 2 atom stereocenters. The number of likely N-dealkylation sites (N-methyl/N-ethyl adjacent to an activating group) is 1. The predicted octanol–water partition coefficient (Wildman–Crippen LogP) is 1.48. The van der Waals surface area contributed by atoms with Gasteiger partial charge in [-0.25, -0.2) is 0 Å². The summed E-state index contributed by atoms with van der Waals surface area (Å²) in [5.41, 5.74) is 1.06. The number of benzene rings is 1. The zero-order chi connectivity index (χ0) is 12.8. The van der Waals surface area contributed by atoms with E-state index in [-0.39, 0.29) is 18.0 Å². The summed E-state index contributed by atoms with van der Waals surface area (Å²) < 4.78 is 5.09. The Morgan fingerprint density at radius 2 is 1.82 bits per heavy atom. The normalized spacial score (nSPS) is 13.9. The second-order valence-electron chi connectivity index (χ2n) is 4.01. The van der Waals surface area contributed by atoms with Gasteiger partial charge in [-0.2, -0.15) is 0 Å². The molecule has 0 saturated carbocycles. The zero-order valence-corrected chi connectivity index (χ0v) is 10.8. The van der Waals surface area contributed by atoms with E-state index in [1.54, 1.807) is 14.2 Å². The van der Waals surface area contributed by atoms with Crippen LogP contribution >= 0.6 is 0 Å². The molecule has 1 aromatic carbocycles. The third-order valence-corrected chi connectivity index (χ3v) is 2.80. The number of methoxy groups -OCH3 is 1. The van der Waals surface area contributed by atoms with Gasteiger partial charge in [0.15, 0.2) is 0 Å². The van der Waals surface area contributed by atoms with Crippen LogP contribution in [0.1, 0.15) is 25.5 Å². The number of hydrogen-bond donors (Lipinski definition) is 2. The van der Waals surface area contributed by atoms with Crippen LogP contribution in [0.25, 0.3) is 0 Å². The second-order valence-corrected chi connectivity index (χ2v) is 4.01. The smallest absolute Gasteiger partial charge is 0.237 e. The van der Waals surface area contributed by atoms with E-state index in [1.165, 1.54) is 0 Å². The summed E-state index contributed by atoms with van der Waals surface area (Å²) in [6.07, 6.45) is 0. The fourth-order valence-corrected chi connectivity index (χ4v) is 1.45. The Hall–Kier alpha value is -1.55. The Kier molecular flexibility index (Phi) is 4.97. The summed E-state index contributed by atoms with van der Waals surface area (Å²) in [7, 11) is 3.40. The van der Waals surface area contributed by atoms with Crippen LogP contribution < -0.4 is 15.4 Å². The van der Waals surface area contributed by atoms with E-state index in [1.807, 2.05) is 38.1 Å². The molecule has 17 heavy (non-hydrogen) atoms. The van der Waals surface area contributed by atoms with Gasteiger partial charge in [0, 0.05) is 0 Å². The fraction of sp³-hybridized carbons (Fsp3) is 0.462. The van der Waals surface area contributed by atoms with Gasteiger partial charge in [0.25, 0.3) is 0 Å². The largest absolute Gasteiger partial charge is 0.497 e. The van der Waals surface area contributed by atoms with Gasteiger partial charge in [-0.05, 0) is 38.6 Å². The number of rotatable bonds is 5. The molecule has 0 heterocycles. The Morgan fingerprint density at radius 3 is 2.29 bits per heavy atom. The highest BCUT2D eigenvalue weighted by Crippen LogP contribution is 2.17. The fourth-order valence-electron chi connectivity index (χ4n) is 1.45. The number of nitrogens with one attached hydrogen (secondary N) is 2. The Bertz CT molecular complexity index is 362. The van der Waals surface area contributed by atoms with E-state index in [0.29, 0.717) is 0 Å². The van der Waals surface area contributed by atoms with Gasteiger partial charge in [0.05, 0.1) is 19.2 Å². The summed E-state index contributed by atoms with van der Waals surface area (Å²) >= 11 is 0. The molecule has 0 aliphatic carbocycles. The molecule has 0 radical (unpaired) electrons. The minimum atomic E-state index is -0.185. The summed E-state index contributed by atoms with van der Waals surface area (Å²) in [5.74, 6) is 0.812. The SMILES string of the molecule is CN[C@@H](C)C(=O)NC(C)c1ccc(OC)cc1. The molecule has 1 aromatic rings. The molecule has 0 aromatic heterocycles. The van der Waals surface area contributed by atoms with Gasteiger partial charge < -0.3 is 15.4 Å². The molecule has 94 valence electrons. The lowest BCUT2D eigenvalue weighted by atomic mass is 10.1. The van der Waals surface area contributed by atoms with Crippen molar-refractivity contribution in [3.8, 4) is 5.75 Å². The van der Waals surface area contributed by atoms with Crippen LogP contribution in [0.2, 0.25) is 0 Å². The van der Waals surface area contributed by atoms with Gasteiger partial charge in [0.2, 0.25) is 5.91 Å². The molecule has 0 spiro atoms. The molecule has 0 aliphatic rings. The first-order chi connectivity index (χ1) is 8.08. The molecule has 0 aliphatic heterocycles. The molecular weight excluding hydrogens is 216 g/mol. The minimum Gasteiger partial charge on any atom is -0.497 e. The van der Waals surface area contributed by atoms with E-state index >= 15 is 0 Å². The number of ether oxygens (including phenoxy) is 1. The summed E-state index contributed by atoms with van der Waals surface area (Å²) in [4.78, 5) is 11.7. The lowest BCUT2D eigenvalue weighted by molar-refractivity contribution is -0.123. The number of carbonyl (C=O) groups is 1. The maximum absolute atomic E-state index is 11.7. The topological polar surface area (TPSA) is 50.4 Å². The van der Waals surface area contributed by atoms with Crippen molar-refractivity contribution >= 4 is 5.91 Å².